The van der Waals surface area contributed by atoms with Gasteiger partial charge in [-0.2, -0.15) is 0 Å². The zero-order chi connectivity index (χ0) is 14.7. The van der Waals surface area contributed by atoms with E-state index in [4.69, 9.17) is 0 Å². The second-order valence-corrected chi connectivity index (χ2v) is 5.67. The molecule has 0 saturated carbocycles. The Bertz CT molecular complexity index is 588. The molecule has 1 aromatic heterocycles. The first kappa shape index (κ1) is 14.0. The maximum atomic E-state index is 13.6. The van der Waals surface area contributed by atoms with Crippen molar-refractivity contribution < 1.29 is 4.39 Å². The fourth-order valence-corrected chi connectivity index (χ4v) is 2.93. The van der Waals surface area contributed by atoms with Gasteiger partial charge in [0.05, 0.1) is 0 Å². The van der Waals surface area contributed by atoms with Crippen LogP contribution in [0.4, 0.5) is 10.2 Å². The quantitative estimate of drug-likeness (QED) is 0.934. The van der Waals surface area contributed by atoms with Gasteiger partial charge < -0.3 is 5.32 Å². The van der Waals surface area contributed by atoms with Crippen molar-refractivity contribution in [2.75, 3.05) is 11.9 Å². The van der Waals surface area contributed by atoms with Crippen LogP contribution in [0.15, 0.2) is 48.7 Å². The second-order valence-electron chi connectivity index (χ2n) is 5.67. The van der Waals surface area contributed by atoms with Crippen LogP contribution >= 0.6 is 0 Å². The summed E-state index contributed by atoms with van der Waals surface area (Å²) in [5, 5.41) is 3.23. The fraction of sp³-hybridized carbons (Fsp3) is 0.353. The molecule has 4 heteroatoms. The maximum Gasteiger partial charge on any atom is 0.165 e. The lowest BCUT2D eigenvalue weighted by atomic mass is 10.2. The van der Waals surface area contributed by atoms with Crippen LogP contribution in [0.5, 0.6) is 0 Å². The summed E-state index contributed by atoms with van der Waals surface area (Å²) >= 11 is 0. The Balaban J connectivity index is 1.62. The molecule has 21 heavy (non-hydrogen) atoms. The van der Waals surface area contributed by atoms with Crippen LogP contribution in [0.25, 0.3) is 0 Å². The smallest absolute Gasteiger partial charge is 0.165 e. The minimum absolute atomic E-state index is 0.244. The van der Waals surface area contributed by atoms with E-state index in [0.29, 0.717) is 11.9 Å². The molecule has 2 aromatic rings. The number of pyridine rings is 1. The summed E-state index contributed by atoms with van der Waals surface area (Å²) in [7, 11) is 0. The van der Waals surface area contributed by atoms with Gasteiger partial charge in [0.15, 0.2) is 11.6 Å². The summed E-state index contributed by atoms with van der Waals surface area (Å²) in [6, 6.07) is 14.2. The molecular formula is C17H20FN3. The highest BCUT2D eigenvalue weighted by Gasteiger charge is 2.29. The highest BCUT2D eigenvalue weighted by Crippen LogP contribution is 2.23. The van der Waals surface area contributed by atoms with Gasteiger partial charge >= 0.3 is 0 Å². The van der Waals surface area contributed by atoms with Crippen LogP contribution in [-0.4, -0.2) is 28.5 Å². The summed E-state index contributed by atoms with van der Waals surface area (Å²) in [4.78, 5) is 6.50. The van der Waals surface area contributed by atoms with Gasteiger partial charge in [-0.15, -0.1) is 0 Å². The zero-order valence-electron chi connectivity index (χ0n) is 12.2. The molecule has 1 fully saturated rings. The number of nitrogens with zero attached hydrogens (tertiary/aromatic N) is 2. The minimum atomic E-state index is -0.285. The lowest BCUT2D eigenvalue weighted by Crippen LogP contribution is -2.28. The maximum absolute atomic E-state index is 13.6. The number of anilines is 1. The Morgan fingerprint density at radius 3 is 2.81 bits per heavy atom. The summed E-state index contributed by atoms with van der Waals surface area (Å²) in [5.41, 5.74) is 1.31. The number of hydrogen-bond donors (Lipinski definition) is 1. The molecular weight excluding hydrogens is 265 g/mol. The molecule has 0 bridgehead atoms. The molecule has 0 spiro atoms. The van der Waals surface area contributed by atoms with Crippen LogP contribution in [0, 0.1) is 5.82 Å². The highest BCUT2D eigenvalue weighted by molar-refractivity contribution is 5.37. The van der Waals surface area contributed by atoms with Gasteiger partial charge in [-0.25, -0.2) is 9.37 Å². The number of hydrogen-bond acceptors (Lipinski definition) is 3. The van der Waals surface area contributed by atoms with Gasteiger partial charge in [-0.05, 0) is 31.0 Å². The summed E-state index contributed by atoms with van der Waals surface area (Å²) in [6.45, 7) is 4.07. The van der Waals surface area contributed by atoms with Crippen molar-refractivity contribution in [3.63, 3.8) is 0 Å². The molecule has 110 valence electrons. The molecule has 0 aliphatic carbocycles. The van der Waals surface area contributed by atoms with Gasteiger partial charge in [0.2, 0.25) is 0 Å². The van der Waals surface area contributed by atoms with Crippen molar-refractivity contribution >= 4 is 5.82 Å². The van der Waals surface area contributed by atoms with Gasteiger partial charge in [0, 0.05) is 31.4 Å². The molecule has 0 radical (unpaired) electrons. The molecule has 1 aliphatic rings. The first-order chi connectivity index (χ1) is 10.2. The Kier molecular flexibility index (Phi) is 4.15. The van der Waals surface area contributed by atoms with Gasteiger partial charge in [-0.1, -0.05) is 30.3 Å². The van der Waals surface area contributed by atoms with Gasteiger partial charge in [0.25, 0.3) is 0 Å². The van der Waals surface area contributed by atoms with Crippen LogP contribution in [0.2, 0.25) is 0 Å². The molecule has 2 unspecified atom stereocenters. The van der Waals surface area contributed by atoms with Crippen molar-refractivity contribution in [1.29, 1.82) is 0 Å². The number of rotatable bonds is 4. The van der Waals surface area contributed by atoms with Crippen molar-refractivity contribution in [2.24, 2.45) is 0 Å². The fourth-order valence-electron chi connectivity index (χ4n) is 2.93. The van der Waals surface area contributed by atoms with E-state index in [1.807, 2.05) is 6.07 Å². The second kappa shape index (κ2) is 6.22. The first-order valence-electron chi connectivity index (χ1n) is 7.37. The molecule has 1 aliphatic heterocycles. The molecule has 2 atom stereocenters. The van der Waals surface area contributed by atoms with Crippen molar-refractivity contribution in [3.8, 4) is 0 Å². The SMILES string of the molecule is CC1CC(Nc2ncccc2F)CN1Cc1ccccc1. The number of benzene rings is 1. The predicted molar refractivity (Wildman–Crippen MR) is 82.5 cm³/mol. The molecule has 3 nitrogen and oxygen atoms in total. The van der Waals surface area contributed by atoms with Crippen LogP contribution in [-0.2, 0) is 6.54 Å². The Hall–Kier alpha value is -1.94. The van der Waals surface area contributed by atoms with Crippen LogP contribution in [0.1, 0.15) is 18.9 Å². The van der Waals surface area contributed by atoms with Gasteiger partial charge in [0.1, 0.15) is 0 Å². The van der Waals surface area contributed by atoms with E-state index in [-0.39, 0.29) is 11.9 Å². The van der Waals surface area contributed by atoms with E-state index in [1.165, 1.54) is 11.6 Å². The van der Waals surface area contributed by atoms with Crippen LogP contribution < -0.4 is 5.32 Å². The number of likely N-dealkylation sites (tertiary alicyclic amines) is 1. The summed E-state index contributed by atoms with van der Waals surface area (Å²) in [5.74, 6) is 0.0722. The molecule has 1 aromatic carbocycles. The molecule has 2 heterocycles. The van der Waals surface area contributed by atoms with Crippen molar-refractivity contribution in [3.05, 3.63) is 60.0 Å². The predicted octanol–water partition coefficient (Wildman–Crippen LogP) is 3.30. The summed E-state index contributed by atoms with van der Waals surface area (Å²) < 4.78 is 13.6. The Morgan fingerprint density at radius 2 is 2.05 bits per heavy atom. The van der Waals surface area contributed by atoms with E-state index < -0.39 is 0 Å². The largest absolute Gasteiger partial charge is 0.364 e. The average molecular weight is 285 g/mol. The van der Waals surface area contributed by atoms with E-state index >= 15 is 0 Å². The topological polar surface area (TPSA) is 28.2 Å². The minimum Gasteiger partial charge on any atom is -0.364 e. The third-order valence-electron chi connectivity index (χ3n) is 4.03. The molecule has 1 saturated heterocycles. The van der Waals surface area contributed by atoms with Gasteiger partial charge in [-0.3, -0.25) is 4.90 Å². The van der Waals surface area contributed by atoms with E-state index in [2.05, 4.69) is 46.4 Å². The third-order valence-corrected chi connectivity index (χ3v) is 4.03. The standard InChI is InChI=1S/C17H20FN3/c1-13-10-15(20-17-16(18)8-5-9-19-17)12-21(13)11-14-6-3-2-4-7-14/h2-9,13,15H,10-12H2,1H3,(H,19,20). The number of aromatic nitrogens is 1. The van der Waals surface area contributed by atoms with Crippen LogP contribution in [0.3, 0.4) is 0 Å². The normalized spacial score (nSPS) is 22.4. The monoisotopic (exact) mass is 285 g/mol. The van der Waals surface area contributed by atoms with E-state index in [9.17, 15) is 4.39 Å². The molecule has 1 N–H and O–H groups in total. The number of nitrogens with one attached hydrogen (secondary N) is 1. The zero-order valence-corrected chi connectivity index (χ0v) is 12.2. The average Bonchev–Trinajstić information content (AvgIpc) is 2.82. The Morgan fingerprint density at radius 1 is 1.24 bits per heavy atom. The lowest BCUT2D eigenvalue weighted by Gasteiger charge is -2.21. The van der Waals surface area contributed by atoms with Crippen molar-refractivity contribution in [2.45, 2.75) is 32.0 Å². The van der Waals surface area contributed by atoms with E-state index in [0.717, 1.165) is 19.5 Å². The van der Waals surface area contributed by atoms with Crippen molar-refractivity contribution in [1.82, 2.24) is 9.88 Å². The van der Waals surface area contributed by atoms with E-state index in [1.54, 1.807) is 12.3 Å². The number of halogens is 1. The lowest BCUT2D eigenvalue weighted by molar-refractivity contribution is 0.259. The molecule has 0 amide bonds. The summed E-state index contributed by atoms with van der Waals surface area (Å²) in [6.07, 6.45) is 2.62. The third kappa shape index (κ3) is 3.39. The highest BCUT2D eigenvalue weighted by atomic mass is 19.1. The molecule has 3 rings (SSSR count). The first-order valence-corrected chi connectivity index (χ1v) is 7.37. The Labute approximate surface area is 124 Å².